The number of rotatable bonds is 4. The van der Waals surface area contributed by atoms with Crippen molar-refractivity contribution in [2.24, 2.45) is 0 Å². The van der Waals surface area contributed by atoms with Gasteiger partial charge in [-0.15, -0.1) is 0 Å². The SMILES string of the molecule is COP(=O)([O-])OC.COP(=O)([O-])OC.[Sr+2]. The molecule has 15 heavy (non-hydrogen) atoms. The van der Waals surface area contributed by atoms with Crippen LogP contribution in [0.4, 0.5) is 0 Å². The van der Waals surface area contributed by atoms with Crippen molar-refractivity contribution >= 4 is 61.1 Å². The second kappa shape index (κ2) is 10.8. The van der Waals surface area contributed by atoms with Gasteiger partial charge in [-0.1, -0.05) is 0 Å². The molecule has 0 amide bonds. The fraction of sp³-hybridized carbons (Fsp3) is 1.00. The van der Waals surface area contributed by atoms with Crippen molar-refractivity contribution in [2.45, 2.75) is 0 Å². The third-order valence-electron chi connectivity index (χ3n) is 0.894. The Morgan fingerprint density at radius 1 is 0.733 bits per heavy atom. The van der Waals surface area contributed by atoms with E-state index in [0.29, 0.717) is 0 Å². The normalized spacial score (nSPS) is 11.1. The molecule has 0 aliphatic rings. The molecule has 0 spiro atoms. The molecule has 0 bridgehead atoms. The Morgan fingerprint density at radius 2 is 0.867 bits per heavy atom. The van der Waals surface area contributed by atoms with Gasteiger partial charge in [-0.05, 0) is 0 Å². The smallest absolute Gasteiger partial charge is 0.756 e. The summed E-state index contributed by atoms with van der Waals surface area (Å²) in [6.07, 6.45) is 0. The molecule has 0 unspecified atom stereocenters. The zero-order valence-electron chi connectivity index (χ0n) is 8.87. The number of hydrogen-bond acceptors (Lipinski definition) is 8. The van der Waals surface area contributed by atoms with Crippen LogP contribution in [0.1, 0.15) is 0 Å². The molecule has 0 radical (unpaired) electrons. The molecule has 0 aliphatic heterocycles. The van der Waals surface area contributed by atoms with Gasteiger partial charge in [0.2, 0.25) is 0 Å². The van der Waals surface area contributed by atoms with Gasteiger partial charge in [-0.25, -0.2) is 0 Å². The maximum Gasteiger partial charge on any atom is 2.00 e. The molecule has 0 fully saturated rings. The van der Waals surface area contributed by atoms with E-state index in [0.717, 1.165) is 28.4 Å². The van der Waals surface area contributed by atoms with Crippen molar-refractivity contribution < 1.29 is 37.0 Å². The van der Waals surface area contributed by atoms with Gasteiger partial charge in [0.05, 0.1) is 0 Å². The summed E-state index contributed by atoms with van der Waals surface area (Å²) in [4.78, 5) is 19.9. The van der Waals surface area contributed by atoms with Gasteiger partial charge >= 0.3 is 45.5 Å². The summed E-state index contributed by atoms with van der Waals surface area (Å²) in [6, 6.07) is 0. The average Bonchev–Trinajstić information content (AvgIpc) is 2.19. The molecule has 0 saturated heterocycles. The predicted octanol–water partition coefficient (Wildman–Crippen LogP) is -0.886. The number of hydrogen-bond donors (Lipinski definition) is 0. The minimum Gasteiger partial charge on any atom is -0.756 e. The van der Waals surface area contributed by atoms with E-state index in [1.165, 1.54) is 0 Å². The molecular formula is C4H12O8P2Sr. The number of phosphoric ester groups is 2. The molecule has 0 saturated carbocycles. The van der Waals surface area contributed by atoms with Crippen molar-refractivity contribution in [3.63, 3.8) is 0 Å². The summed E-state index contributed by atoms with van der Waals surface area (Å²) in [5.74, 6) is 0. The van der Waals surface area contributed by atoms with E-state index in [1.807, 2.05) is 0 Å². The largest absolute Gasteiger partial charge is 2.00 e. The minimum absolute atomic E-state index is 0. The summed E-state index contributed by atoms with van der Waals surface area (Å²) in [5, 5.41) is 0. The summed E-state index contributed by atoms with van der Waals surface area (Å²) in [5.41, 5.74) is 0. The van der Waals surface area contributed by atoms with Crippen molar-refractivity contribution in [3.05, 3.63) is 0 Å². The maximum atomic E-state index is 9.95. The molecule has 8 nitrogen and oxygen atoms in total. The molecule has 11 heteroatoms. The van der Waals surface area contributed by atoms with Gasteiger partial charge in [0.1, 0.15) is 0 Å². The monoisotopic (exact) mass is 338 g/mol. The average molecular weight is 338 g/mol. The van der Waals surface area contributed by atoms with E-state index < -0.39 is 15.6 Å². The molecule has 0 aromatic carbocycles. The Hall–Kier alpha value is 1.70. The van der Waals surface area contributed by atoms with Gasteiger partial charge in [0, 0.05) is 28.4 Å². The second-order valence-electron chi connectivity index (χ2n) is 1.62. The molecule has 0 heterocycles. The molecule has 88 valence electrons. The summed E-state index contributed by atoms with van der Waals surface area (Å²) < 4.78 is 35.4. The van der Waals surface area contributed by atoms with Gasteiger partial charge in [0.25, 0.3) is 15.6 Å². The van der Waals surface area contributed by atoms with E-state index in [-0.39, 0.29) is 45.5 Å². The van der Waals surface area contributed by atoms with Crippen LogP contribution in [0.25, 0.3) is 0 Å². The minimum atomic E-state index is -3.90. The summed E-state index contributed by atoms with van der Waals surface area (Å²) >= 11 is 0. The zero-order valence-corrected chi connectivity index (χ0v) is 14.1. The fourth-order valence-corrected chi connectivity index (χ4v) is 0.447. The van der Waals surface area contributed by atoms with Gasteiger partial charge in [0.15, 0.2) is 0 Å². The standard InChI is InChI=1S/2C2H7O4P.Sr/c2*1-5-7(3,4)6-2;/h2*1-2H3,(H,3,4);/q;;+2/p-2. The number of phosphoric acid groups is 2. The van der Waals surface area contributed by atoms with Crippen LogP contribution in [0.2, 0.25) is 0 Å². The fourth-order valence-electron chi connectivity index (χ4n) is 0.149. The quantitative estimate of drug-likeness (QED) is 0.479. The maximum absolute atomic E-state index is 9.95. The zero-order chi connectivity index (χ0) is 11.8. The van der Waals surface area contributed by atoms with E-state index in [1.54, 1.807) is 0 Å². The Labute approximate surface area is 125 Å². The van der Waals surface area contributed by atoms with Gasteiger partial charge in [-0.2, -0.15) is 0 Å². The van der Waals surface area contributed by atoms with Crippen molar-refractivity contribution in [1.29, 1.82) is 0 Å². The first-order chi connectivity index (χ1) is 6.24. The van der Waals surface area contributed by atoms with E-state index in [4.69, 9.17) is 0 Å². The molecule has 0 atom stereocenters. The molecule has 0 rings (SSSR count). The van der Waals surface area contributed by atoms with Crippen molar-refractivity contribution in [3.8, 4) is 0 Å². The molecule has 0 aromatic rings. The van der Waals surface area contributed by atoms with Crippen LogP contribution in [0.3, 0.4) is 0 Å². The Kier molecular flexibility index (Phi) is 15.8. The van der Waals surface area contributed by atoms with Crippen LogP contribution >= 0.6 is 15.6 Å². The summed E-state index contributed by atoms with van der Waals surface area (Å²) in [7, 11) is -3.65. The van der Waals surface area contributed by atoms with Crippen LogP contribution in [-0.2, 0) is 27.2 Å². The van der Waals surface area contributed by atoms with Crippen LogP contribution < -0.4 is 9.79 Å². The predicted molar refractivity (Wildman–Crippen MR) is 49.0 cm³/mol. The molecule has 0 N–H and O–H groups in total. The molecule has 0 aliphatic carbocycles. The first kappa shape index (κ1) is 21.9. The van der Waals surface area contributed by atoms with Crippen molar-refractivity contribution in [2.75, 3.05) is 28.4 Å². The second-order valence-corrected chi connectivity index (χ2v) is 4.87. The first-order valence-electron chi connectivity index (χ1n) is 3.09. The van der Waals surface area contributed by atoms with E-state index in [9.17, 15) is 18.9 Å². The van der Waals surface area contributed by atoms with E-state index in [2.05, 4.69) is 18.1 Å². The Balaban J connectivity index is -0.000000180. The third kappa shape index (κ3) is 15.7. The first-order valence-corrected chi connectivity index (χ1v) is 6.01. The molecule has 0 aromatic heterocycles. The van der Waals surface area contributed by atoms with Crippen LogP contribution in [-0.4, -0.2) is 73.9 Å². The van der Waals surface area contributed by atoms with Crippen molar-refractivity contribution in [1.82, 2.24) is 0 Å². The Bertz CT molecular complexity index is 193. The summed E-state index contributed by atoms with van der Waals surface area (Å²) in [6.45, 7) is 0. The van der Waals surface area contributed by atoms with Gasteiger partial charge in [-0.3, -0.25) is 9.13 Å². The van der Waals surface area contributed by atoms with E-state index >= 15 is 0 Å². The third-order valence-corrected chi connectivity index (χ3v) is 2.68. The van der Waals surface area contributed by atoms with Crippen LogP contribution in [0, 0.1) is 0 Å². The van der Waals surface area contributed by atoms with Crippen LogP contribution in [0.5, 0.6) is 0 Å². The van der Waals surface area contributed by atoms with Crippen LogP contribution in [0.15, 0.2) is 0 Å². The topological polar surface area (TPSA) is 117 Å². The van der Waals surface area contributed by atoms with Gasteiger partial charge < -0.3 is 27.9 Å². The Morgan fingerprint density at radius 3 is 0.867 bits per heavy atom. The molecular weight excluding hydrogens is 326 g/mol.